The third kappa shape index (κ3) is 5.28. The van der Waals surface area contributed by atoms with Crippen LogP contribution < -0.4 is 10.5 Å². The van der Waals surface area contributed by atoms with Crippen LogP contribution in [0, 0.1) is 24.1 Å². The van der Waals surface area contributed by atoms with E-state index in [1.807, 2.05) is 6.07 Å². The molecule has 6 nitrogen and oxygen atoms in total. The van der Waals surface area contributed by atoms with E-state index < -0.39 is 17.8 Å². The number of aryl methyl sites for hydroxylation is 1. The lowest BCUT2D eigenvalue weighted by Crippen LogP contribution is -2.14. The van der Waals surface area contributed by atoms with E-state index in [0.29, 0.717) is 41.2 Å². The standard InChI is InChI=1S/C25H25F2N3O3/c1-15-11-18(16-6-9-31-10-7-16)13-21(26)23(15)33-22-5-4-17(12-19(22)14-32-25(28)29)20-3-2-8-30-24(20)27/h2-5,8,11-13,16H,6-7,9-10,14H2,1H3,(H3,28,29). The van der Waals surface area contributed by atoms with Crippen LogP contribution in [0.2, 0.25) is 0 Å². The SMILES string of the molecule is Cc1cc(C2CCOCC2)cc(F)c1Oc1ccc(-c2cccnc2F)cc1COC(=N)N. The van der Waals surface area contributed by atoms with Gasteiger partial charge in [0, 0.05) is 30.5 Å². The number of benzene rings is 2. The van der Waals surface area contributed by atoms with Crippen molar-refractivity contribution in [2.75, 3.05) is 13.2 Å². The lowest BCUT2D eigenvalue weighted by molar-refractivity contribution is 0.0852. The van der Waals surface area contributed by atoms with Gasteiger partial charge in [-0.25, -0.2) is 9.37 Å². The minimum absolute atomic E-state index is 0.0960. The van der Waals surface area contributed by atoms with Gasteiger partial charge >= 0.3 is 0 Å². The fourth-order valence-corrected chi connectivity index (χ4v) is 3.98. The third-order valence-electron chi connectivity index (χ3n) is 5.67. The highest BCUT2D eigenvalue weighted by atomic mass is 19.1. The Morgan fingerprint density at radius 2 is 1.97 bits per heavy atom. The average molecular weight is 453 g/mol. The molecule has 0 unspecified atom stereocenters. The molecule has 3 aromatic rings. The molecule has 2 heterocycles. The van der Waals surface area contributed by atoms with Crippen LogP contribution in [0.3, 0.4) is 0 Å². The molecule has 8 heteroatoms. The first-order valence-electron chi connectivity index (χ1n) is 10.7. The van der Waals surface area contributed by atoms with Gasteiger partial charge in [-0.15, -0.1) is 0 Å². The van der Waals surface area contributed by atoms with Gasteiger partial charge in [-0.1, -0.05) is 12.1 Å². The molecular formula is C25H25F2N3O3. The first kappa shape index (κ1) is 22.7. The minimum atomic E-state index is -0.616. The van der Waals surface area contributed by atoms with Crippen molar-refractivity contribution in [3.8, 4) is 22.6 Å². The van der Waals surface area contributed by atoms with Crippen LogP contribution in [0.1, 0.15) is 35.4 Å². The zero-order valence-electron chi connectivity index (χ0n) is 18.2. The molecule has 172 valence electrons. The molecule has 0 saturated carbocycles. The van der Waals surface area contributed by atoms with E-state index in [2.05, 4.69) is 4.98 Å². The molecule has 1 aromatic heterocycles. The molecule has 33 heavy (non-hydrogen) atoms. The number of rotatable bonds is 6. The van der Waals surface area contributed by atoms with Gasteiger partial charge in [0.25, 0.3) is 6.02 Å². The Labute approximate surface area is 190 Å². The second-order valence-corrected chi connectivity index (χ2v) is 7.95. The fraction of sp³-hybridized carbons (Fsp3) is 0.280. The minimum Gasteiger partial charge on any atom is -0.461 e. The zero-order valence-corrected chi connectivity index (χ0v) is 18.2. The van der Waals surface area contributed by atoms with Crippen molar-refractivity contribution < 1.29 is 23.0 Å². The first-order valence-corrected chi connectivity index (χ1v) is 10.7. The van der Waals surface area contributed by atoms with E-state index in [0.717, 1.165) is 18.4 Å². The molecule has 0 aliphatic carbocycles. The summed E-state index contributed by atoms with van der Waals surface area (Å²) in [5.74, 6) is -0.387. The lowest BCUT2D eigenvalue weighted by Gasteiger charge is -2.23. The van der Waals surface area contributed by atoms with Crippen LogP contribution in [0.4, 0.5) is 8.78 Å². The highest BCUT2D eigenvalue weighted by molar-refractivity contribution is 5.68. The Morgan fingerprint density at radius 3 is 2.67 bits per heavy atom. The quantitative estimate of drug-likeness (QED) is 0.295. The summed E-state index contributed by atoms with van der Waals surface area (Å²) in [5, 5.41) is 7.35. The number of nitrogens with two attached hydrogens (primary N) is 1. The van der Waals surface area contributed by atoms with Crippen molar-refractivity contribution in [2.24, 2.45) is 5.73 Å². The molecule has 1 aliphatic rings. The largest absolute Gasteiger partial charge is 0.461 e. The molecule has 0 bridgehead atoms. The van der Waals surface area contributed by atoms with E-state index in [4.69, 9.17) is 25.4 Å². The van der Waals surface area contributed by atoms with Crippen molar-refractivity contribution in [2.45, 2.75) is 32.3 Å². The molecule has 1 aliphatic heterocycles. The monoisotopic (exact) mass is 453 g/mol. The molecule has 1 fully saturated rings. The smallest absolute Gasteiger partial charge is 0.279 e. The van der Waals surface area contributed by atoms with Gasteiger partial charge in [0.05, 0.1) is 0 Å². The molecule has 4 rings (SSSR count). The molecule has 3 N–H and O–H groups in total. The average Bonchev–Trinajstić information content (AvgIpc) is 2.81. The van der Waals surface area contributed by atoms with E-state index in [1.54, 1.807) is 37.3 Å². The normalized spacial score (nSPS) is 14.2. The van der Waals surface area contributed by atoms with Crippen molar-refractivity contribution in [1.82, 2.24) is 4.98 Å². The van der Waals surface area contributed by atoms with E-state index >= 15 is 4.39 Å². The Kier molecular flexibility index (Phi) is 6.84. The number of pyridine rings is 1. The van der Waals surface area contributed by atoms with Gasteiger partial charge in [-0.3, -0.25) is 5.41 Å². The summed E-state index contributed by atoms with van der Waals surface area (Å²) in [6.45, 7) is 3.05. The lowest BCUT2D eigenvalue weighted by atomic mass is 9.90. The van der Waals surface area contributed by atoms with Crippen LogP contribution >= 0.6 is 0 Å². The third-order valence-corrected chi connectivity index (χ3v) is 5.67. The molecule has 0 spiro atoms. The van der Waals surface area contributed by atoms with Gasteiger partial charge in [-0.2, -0.15) is 4.39 Å². The maximum Gasteiger partial charge on any atom is 0.279 e. The number of amidine groups is 1. The maximum absolute atomic E-state index is 15.1. The maximum atomic E-state index is 15.1. The predicted molar refractivity (Wildman–Crippen MR) is 120 cm³/mol. The van der Waals surface area contributed by atoms with Crippen molar-refractivity contribution in [1.29, 1.82) is 5.41 Å². The van der Waals surface area contributed by atoms with Crippen molar-refractivity contribution in [3.05, 3.63) is 77.1 Å². The molecule has 0 radical (unpaired) electrons. The van der Waals surface area contributed by atoms with Gasteiger partial charge in [-0.05, 0) is 72.7 Å². The number of nitrogens with zero attached hydrogens (tertiary/aromatic N) is 1. The number of hydrogen-bond acceptors (Lipinski definition) is 5. The number of nitrogens with one attached hydrogen (secondary N) is 1. The second kappa shape index (κ2) is 9.95. The van der Waals surface area contributed by atoms with E-state index in [9.17, 15) is 4.39 Å². The summed E-state index contributed by atoms with van der Waals surface area (Å²) in [5.41, 5.74) is 8.26. The highest BCUT2D eigenvalue weighted by Gasteiger charge is 2.20. The van der Waals surface area contributed by atoms with Crippen LogP contribution in [0.25, 0.3) is 11.1 Å². The predicted octanol–water partition coefficient (Wildman–Crippen LogP) is 5.43. The Bertz CT molecular complexity index is 1140. The molecule has 2 aromatic carbocycles. The summed E-state index contributed by atoms with van der Waals surface area (Å²) in [6, 6.07) is 11.2. The van der Waals surface area contributed by atoms with Gasteiger partial charge in [0.2, 0.25) is 5.95 Å². The molecular weight excluding hydrogens is 428 g/mol. The fourth-order valence-electron chi connectivity index (χ4n) is 3.98. The highest BCUT2D eigenvalue weighted by Crippen LogP contribution is 2.37. The van der Waals surface area contributed by atoms with Gasteiger partial charge < -0.3 is 19.9 Å². The van der Waals surface area contributed by atoms with Gasteiger partial charge in [0.1, 0.15) is 12.4 Å². The summed E-state index contributed by atoms with van der Waals surface area (Å²) in [4.78, 5) is 3.68. The van der Waals surface area contributed by atoms with Crippen molar-refractivity contribution in [3.63, 3.8) is 0 Å². The Morgan fingerprint density at radius 1 is 1.18 bits per heavy atom. The summed E-state index contributed by atoms with van der Waals surface area (Å²) < 4.78 is 45.8. The van der Waals surface area contributed by atoms with Crippen LogP contribution in [-0.4, -0.2) is 24.2 Å². The Hall–Kier alpha value is -3.52. The zero-order chi connectivity index (χ0) is 23.4. The summed E-state index contributed by atoms with van der Waals surface area (Å²) in [7, 11) is 0. The molecule has 1 saturated heterocycles. The molecule has 0 atom stereocenters. The van der Waals surface area contributed by atoms with Crippen LogP contribution in [-0.2, 0) is 16.1 Å². The van der Waals surface area contributed by atoms with Crippen LogP contribution in [0.15, 0.2) is 48.7 Å². The van der Waals surface area contributed by atoms with E-state index in [1.165, 1.54) is 12.3 Å². The van der Waals surface area contributed by atoms with Crippen LogP contribution in [0.5, 0.6) is 11.5 Å². The summed E-state index contributed by atoms with van der Waals surface area (Å²) >= 11 is 0. The van der Waals surface area contributed by atoms with Gasteiger partial charge in [0.15, 0.2) is 11.6 Å². The van der Waals surface area contributed by atoms with E-state index in [-0.39, 0.29) is 18.3 Å². The number of halogens is 2. The number of ether oxygens (including phenoxy) is 3. The number of aromatic nitrogens is 1. The van der Waals surface area contributed by atoms with Crippen molar-refractivity contribution >= 4 is 6.02 Å². The molecule has 0 amide bonds. The summed E-state index contributed by atoms with van der Waals surface area (Å²) in [6.07, 6.45) is 3.08. The first-order chi connectivity index (χ1) is 15.9. The topological polar surface area (TPSA) is 90.5 Å². The second-order valence-electron chi connectivity index (χ2n) is 7.95. The number of hydrogen-bond donors (Lipinski definition) is 2. The Balaban J connectivity index is 1.66.